The van der Waals surface area contributed by atoms with Gasteiger partial charge in [-0.3, -0.25) is 9.59 Å². The summed E-state index contributed by atoms with van der Waals surface area (Å²) in [5.41, 5.74) is 3.14. The summed E-state index contributed by atoms with van der Waals surface area (Å²) in [4.78, 5) is 26.4. The van der Waals surface area contributed by atoms with Crippen molar-refractivity contribution < 1.29 is 9.59 Å². The fraction of sp³-hybridized carbons (Fsp3) is 0.600. The third kappa shape index (κ3) is 4.83. The lowest BCUT2D eigenvalue weighted by Crippen LogP contribution is -2.33. The fourth-order valence-electron chi connectivity index (χ4n) is 3.21. The van der Waals surface area contributed by atoms with Crippen LogP contribution in [0.1, 0.15) is 56.6 Å². The SMILES string of the molecule is CCCCCCCNC(=O)C1CC(=O)N(c2cc(C)ccc2C)C1. The van der Waals surface area contributed by atoms with Crippen LogP contribution < -0.4 is 10.2 Å². The van der Waals surface area contributed by atoms with Crippen molar-refractivity contribution in [1.29, 1.82) is 0 Å². The van der Waals surface area contributed by atoms with E-state index in [4.69, 9.17) is 0 Å². The zero-order chi connectivity index (χ0) is 17.5. The van der Waals surface area contributed by atoms with Crippen molar-refractivity contribution in [2.45, 2.75) is 59.3 Å². The van der Waals surface area contributed by atoms with Crippen LogP contribution in [0.25, 0.3) is 0 Å². The molecule has 0 saturated carbocycles. The van der Waals surface area contributed by atoms with Crippen LogP contribution in [-0.2, 0) is 9.59 Å². The number of hydrogen-bond donors (Lipinski definition) is 1. The van der Waals surface area contributed by atoms with Gasteiger partial charge in [-0.25, -0.2) is 0 Å². The molecule has 0 spiro atoms. The maximum Gasteiger partial charge on any atom is 0.227 e. The highest BCUT2D eigenvalue weighted by atomic mass is 16.2. The molecular weight excluding hydrogens is 300 g/mol. The van der Waals surface area contributed by atoms with Crippen LogP contribution >= 0.6 is 0 Å². The highest BCUT2D eigenvalue weighted by Crippen LogP contribution is 2.28. The first kappa shape index (κ1) is 18.5. The van der Waals surface area contributed by atoms with Crippen LogP contribution in [0.4, 0.5) is 5.69 Å². The Morgan fingerprint density at radius 1 is 1.21 bits per heavy atom. The van der Waals surface area contributed by atoms with Gasteiger partial charge < -0.3 is 10.2 Å². The Bertz CT molecular complexity index is 583. The van der Waals surface area contributed by atoms with Crippen LogP contribution in [-0.4, -0.2) is 24.9 Å². The third-order valence-electron chi connectivity index (χ3n) is 4.73. The van der Waals surface area contributed by atoms with Gasteiger partial charge in [-0.2, -0.15) is 0 Å². The number of anilines is 1. The van der Waals surface area contributed by atoms with E-state index < -0.39 is 0 Å². The zero-order valence-electron chi connectivity index (χ0n) is 15.2. The van der Waals surface area contributed by atoms with E-state index in [1.165, 1.54) is 19.3 Å². The molecule has 132 valence electrons. The van der Waals surface area contributed by atoms with Crippen LogP contribution in [0.15, 0.2) is 18.2 Å². The smallest absolute Gasteiger partial charge is 0.227 e. The molecule has 1 saturated heterocycles. The minimum atomic E-state index is -0.229. The summed E-state index contributed by atoms with van der Waals surface area (Å²) in [5.74, 6) is -0.161. The largest absolute Gasteiger partial charge is 0.356 e. The van der Waals surface area contributed by atoms with Crippen LogP contribution in [0.2, 0.25) is 0 Å². The summed E-state index contributed by atoms with van der Waals surface area (Å²) in [6, 6.07) is 6.10. The Morgan fingerprint density at radius 2 is 1.96 bits per heavy atom. The molecule has 1 aliphatic heterocycles. The number of benzene rings is 1. The zero-order valence-corrected chi connectivity index (χ0v) is 15.2. The van der Waals surface area contributed by atoms with Gasteiger partial charge in [-0.1, -0.05) is 44.7 Å². The van der Waals surface area contributed by atoms with E-state index in [0.29, 0.717) is 13.0 Å². The van der Waals surface area contributed by atoms with Crippen molar-refractivity contribution in [3.05, 3.63) is 29.3 Å². The minimum absolute atomic E-state index is 0.0200. The van der Waals surface area contributed by atoms with E-state index in [1.807, 2.05) is 32.0 Å². The lowest BCUT2D eigenvalue weighted by atomic mass is 10.1. The van der Waals surface area contributed by atoms with Gasteiger partial charge in [0.05, 0.1) is 5.92 Å². The minimum Gasteiger partial charge on any atom is -0.356 e. The maximum atomic E-state index is 12.3. The number of carbonyl (C=O) groups is 2. The highest BCUT2D eigenvalue weighted by molar-refractivity contribution is 6.00. The Labute approximate surface area is 145 Å². The van der Waals surface area contributed by atoms with Crippen molar-refractivity contribution in [1.82, 2.24) is 5.32 Å². The molecule has 1 aromatic rings. The van der Waals surface area contributed by atoms with Gasteiger partial charge in [0.1, 0.15) is 0 Å². The van der Waals surface area contributed by atoms with Gasteiger partial charge in [-0.15, -0.1) is 0 Å². The van der Waals surface area contributed by atoms with Crippen LogP contribution in [0.5, 0.6) is 0 Å². The van der Waals surface area contributed by atoms with Gasteiger partial charge >= 0.3 is 0 Å². The third-order valence-corrected chi connectivity index (χ3v) is 4.73. The van der Waals surface area contributed by atoms with Crippen molar-refractivity contribution >= 4 is 17.5 Å². The average molecular weight is 330 g/mol. The second-order valence-electron chi connectivity index (χ2n) is 6.90. The summed E-state index contributed by atoms with van der Waals surface area (Å²) >= 11 is 0. The predicted molar refractivity (Wildman–Crippen MR) is 98.1 cm³/mol. The molecule has 1 atom stereocenters. The second kappa shape index (κ2) is 8.86. The number of hydrogen-bond acceptors (Lipinski definition) is 2. The molecule has 1 heterocycles. The first-order valence-electron chi connectivity index (χ1n) is 9.18. The van der Waals surface area contributed by atoms with Crippen molar-refractivity contribution in [2.75, 3.05) is 18.0 Å². The Morgan fingerprint density at radius 3 is 2.71 bits per heavy atom. The van der Waals surface area contributed by atoms with E-state index in [2.05, 4.69) is 12.2 Å². The van der Waals surface area contributed by atoms with Crippen LogP contribution in [0, 0.1) is 19.8 Å². The monoisotopic (exact) mass is 330 g/mol. The van der Waals surface area contributed by atoms with Gasteiger partial charge in [-0.05, 0) is 37.5 Å². The molecule has 0 aromatic heterocycles. The van der Waals surface area contributed by atoms with E-state index in [0.717, 1.165) is 36.2 Å². The fourth-order valence-corrected chi connectivity index (χ4v) is 3.21. The molecule has 0 radical (unpaired) electrons. The molecule has 24 heavy (non-hydrogen) atoms. The number of carbonyl (C=O) groups excluding carboxylic acids is 2. The molecule has 4 heteroatoms. The highest BCUT2D eigenvalue weighted by Gasteiger charge is 2.35. The van der Waals surface area contributed by atoms with Crippen molar-refractivity contribution in [2.24, 2.45) is 5.92 Å². The molecule has 1 aromatic carbocycles. The molecule has 2 amide bonds. The molecule has 1 N–H and O–H groups in total. The number of nitrogens with zero attached hydrogens (tertiary/aromatic N) is 1. The molecule has 2 rings (SSSR count). The van der Waals surface area contributed by atoms with Crippen molar-refractivity contribution in [3.8, 4) is 0 Å². The number of nitrogens with one attached hydrogen (secondary N) is 1. The number of aryl methyl sites for hydroxylation is 2. The van der Waals surface area contributed by atoms with E-state index >= 15 is 0 Å². The van der Waals surface area contributed by atoms with Gasteiger partial charge in [0.15, 0.2) is 0 Å². The van der Waals surface area contributed by atoms with Crippen LogP contribution in [0.3, 0.4) is 0 Å². The molecule has 0 bridgehead atoms. The standard InChI is InChI=1S/C20H30N2O2/c1-4-5-6-7-8-11-21-20(24)17-13-19(23)22(14-17)18-12-15(2)9-10-16(18)3/h9-10,12,17H,4-8,11,13-14H2,1-3H3,(H,21,24). The quantitative estimate of drug-likeness (QED) is 0.738. The molecule has 0 aliphatic carbocycles. The summed E-state index contributed by atoms with van der Waals surface area (Å²) in [6.07, 6.45) is 6.21. The Hall–Kier alpha value is -1.84. The number of unbranched alkanes of at least 4 members (excludes halogenated alkanes) is 4. The number of rotatable bonds is 8. The summed E-state index contributed by atoms with van der Waals surface area (Å²) in [6.45, 7) is 7.43. The first-order chi connectivity index (χ1) is 11.5. The maximum absolute atomic E-state index is 12.3. The average Bonchev–Trinajstić information content (AvgIpc) is 2.94. The predicted octanol–water partition coefficient (Wildman–Crippen LogP) is 3.74. The van der Waals surface area contributed by atoms with Gasteiger partial charge in [0, 0.05) is 25.2 Å². The van der Waals surface area contributed by atoms with Gasteiger partial charge in [0.2, 0.25) is 11.8 Å². The Balaban J connectivity index is 1.85. The lowest BCUT2D eigenvalue weighted by Gasteiger charge is -2.19. The number of amides is 2. The summed E-state index contributed by atoms with van der Waals surface area (Å²) < 4.78 is 0. The molecule has 1 aliphatic rings. The molecule has 4 nitrogen and oxygen atoms in total. The second-order valence-corrected chi connectivity index (χ2v) is 6.90. The van der Waals surface area contributed by atoms with Crippen molar-refractivity contribution in [3.63, 3.8) is 0 Å². The first-order valence-corrected chi connectivity index (χ1v) is 9.18. The Kier molecular flexibility index (Phi) is 6.83. The van der Waals surface area contributed by atoms with E-state index in [-0.39, 0.29) is 17.7 Å². The van der Waals surface area contributed by atoms with E-state index in [1.54, 1.807) is 4.90 Å². The topological polar surface area (TPSA) is 49.4 Å². The van der Waals surface area contributed by atoms with E-state index in [9.17, 15) is 9.59 Å². The molecule has 1 unspecified atom stereocenters. The molecular formula is C20H30N2O2. The lowest BCUT2D eigenvalue weighted by molar-refractivity contribution is -0.126. The normalized spacial score (nSPS) is 17.4. The summed E-state index contributed by atoms with van der Waals surface area (Å²) in [5, 5.41) is 3.00. The summed E-state index contributed by atoms with van der Waals surface area (Å²) in [7, 11) is 0. The van der Waals surface area contributed by atoms with Gasteiger partial charge in [0.25, 0.3) is 0 Å². The molecule has 1 fully saturated rings.